The molecule has 0 aromatic heterocycles. The molecule has 0 bridgehead atoms. The molecule has 1 rings (SSSR count). The maximum atomic E-state index is 12.8. The first-order chi connectivity index (χ1) is 29.0. The molecule has 352 valence electrons. The Labute approximate surface area is 364 Å². The predicted octanol–water partition coefficient (Wildman–Crippen LogP) is 10.0. The van der Waals surface area contributed by atoms with Gasteiger partial charge in [0.2, 0.25) is 0 Å². The Morgan fingerprint density at radius 2 is 1.00 bits per heavy atom. The molecule has 0 aromatic carbocycles. The Hall–Kier alpha value is -1.87. The Balaban J connectivity index is 2.34. The molecule has 6 unspecified atom stereocenters. The van der Waals surface area contributed by atoms with Gasteiger partial charge in [0, 0.05) is 12.8 Å². The summed E-state index contributed by atoms with van der Waals surface area (Å²) in [6.45, 7) is 3.73. The summed E-state index contributed by atoms with van der Waals surface area (Å²) in [5.74, 6) is -1.98. The Kier molecular flexibility index (Phi) is 35.2. The van der Waals surface area contributed by atoms with E-state index in [1.807, 2.05) is 0 Å². The highest BCUT2D eigenvalue weighted by Crippen LogP contribution is 2.24. The van der Waals surface area contributed by atoms with Crippen molar-refractivity contribution in [1.82, 2.24) is 0 Å². The summed E-state index contributed by atoms with van der Waals surface area (Å²) in [7, 11) is -4.60. The van der Waals surface area contributed by atoms with Crippen LogP contribution in [0.4, 0.5) is 0 Å². The van der Waals surface area contributed by atoms with Crippen LogP contribution in [-0.2, 0) is 38.7 Å². The number of hydrogen-bond donors (Lipinski definition) is 4. The Morgan fingerprint density at radius 1 is 0.567 bits per heavy atom. The molecule has 1 saturated heterocycles. The molecule has 1 aliphatic heterocycles. The SMILES string of the molecule is CCCCCCC/C=C\C/C=C\CCCCCCCCCCCCCC(=O)OC(COC(=O)CCCCCCCCCCC)COC1OC(CS(=O)(=O)O)C(O)C(O)C1O. The lowest BCUT2D eigenvalue weighted by molar-refractivity contribution is -0.297. The molecule has 6 atom stereocenters. The van der Waals surface area contributed by atoms with E-state index >= 15 is 0 Å². The summed E-state index contributed by atoms with van der Waals surface area (Å²) in [5, 5.41) is 30.9. The fourth-order valence-corrected chi connectivity index (χ4v) is 7.99. The van der Waals surface area contributed by atoms with Crippen LogP contribution in [0.3, 0.4) is 0 Å². The van der Waals surface area contributed by atoms with E-state index in [0.29, 0.717) is 12.8 Å². The van der Waals surface area contributed by atoms with Gasteiger partial charge in [-0.2, -0.15) is 8.42 Å². The summed E-state index contributed by atoms with van der Waals surface area (Å²) in [6.07, 6.45) is 32.4. The first-order valence-electron chi connectivity index (χ1n) is 23.9. The number of hydrogen-bond acceptors (Lipinski definition) is 11. The maximum Gasteiger partial charge on any atom is 0.306 e. The van der Waals surface area contributed by atoms with Gasteiger partial charge in [0.15, 0.2) is 12.4 Å². The molecule has 0 amide bonds. The zero-order valence-corrected chi connectivity index (χ0v) is 38.4. The predicted molar refractivity (Wildman–Crippen MR) is 238 cm³/mol. The normalized spacial score (nSPS) is 20.3. The van der Waals surface area contributed by atoms with Gasteiger partial charge in [-0.25, -0.2) is 0 Å². The molecule has 1 aliphatic rings. The van der Waals surface area contributed by atoms with Crippen molar-refractivity contribution in [2.75, 3.05) is 19.0 Å². The fourth-order valence-electron chi connectivity index (χ4n) is 7.30. The zero-order chi connectivity index (χ0) is 44.1. The van der Waals surface area contributed by atoms with E-state index in [2.05, 4.69) is 38.2 Å². The number of aliphatic hydroxyl groups excluding tert-OH is 3. The first kappa shape index (κ1) is 56.1. The van der Waals surface area contributed by atoms with Gasteiger partial charge < -0.3 is 34.3 Å². The average molecular weight is 875 g/mol. The highest BCUT2D eigenvalue weighted by Gasteiger charge is 2.46. The molecular formula is C47H86O12S. The lowest BCUT2D eigenvalue weighted by atomic mass is 10.00. The quantitative estimate of drug-likeness (QED) is 0.0198. The molecule has 0 aliphatic carbocycles. The molecule has 1 heterocycles. The van der Waals surface area contributed by atoms with Crippen LogP contribution in [0.5, 0.6) is 0 Å². The third-order valence-electron chi connectivity index (χ3n) is 11.0. The van der Waals surface area contributed by atoms with E-state index in [0.717, 1.165) is 44.9 Å². The van der Waals surface area contributed by atoms with E-state index in [1.165, 1.54) is 122 Å². The smallest absolute Gasteiger partial charge is 0.306 e. The van der Waals surface area contributed by atoms with Crippen molar-refractivity contribution < 1.29 is 56.8 Å². The summed E-state index contributed by atoms with van der Waals surface area (Å²) in [5.41, 5.74) is 0. The van der Waals surface area contributed by atoms with Crippen molar-refractivity contribution in [1.29, 1.82) is 0 Å². The summed E-state index contributed by atoms with van der Waals surface area (Å²) in [4.78, 5) is 25.3. The molecule has 13 heteroatoms. The van der Waals surface area contributed by atoms with Crippen LogP contribution in [0.15, 0.2) is 24.3 Å². The number of carbonyl (C=O) groups is 2. The minimum atomic E-state index is -4.60. The van der Waals surface area contributed by atoms with E-state index in [9.17, 15) is 37.9 Å². The van der Waals surface area contributed by atoms with Crippen molar-refractivity contribution in [3.63, 3.8) is 0 Å². The molecule has 0 radical (unpaired) electrons. The molecule has 4 N–H and O–H groups in total. The number of unbranched alkanes of at least 4 members (excludes halogenated alkanes) is 24. The van der Waals surface area contributed by atoms with Gasteiger partial charge in [-0.3, -0.25) is 14.1 Å². The monoisotopic (exact) mass is 875 g/mol. The third-order valence-corrected chi connectivity index (χ3v) is 11.8. The van der Waals surface area contributed by atoms with Crippen molar-refractivity contribution >= 4 is 22.1 Å². The van der Waals surface area contributed by atoms with Gasteiger partial charge in [0.1, 0.15) is 36.8 Å². The highest BCUT2D eigenvalue weighted by atomic mass is 32.2. The maximum absolute atomic E-state index is 12.8. The van der Waals surface area contributed by atoms with E-state index in [-0.39, 0.29) is 19.4 Å². The third kappa shape index (κ3) is 31.9. The van der Waals surface area contributed by atoms with Crippen molar-refractivity contribution in [3.8, 4) is 0 Å². The number of carbonyl (C=O) groups excluding carboxylic acids is 2. The van der Waals surface area contributed by atoms with Gasteiger partial charge in [0.05, 0.1) is 6.61 Å². The molecule has 1 fully saturated rings. The minimum absolute atomic E-state index is 0.165. The number of rotatable bonds is 40. The number of allylic oxidation sites excluding steroid dienone is 4. The van der Waals surface area contributed by atoms with Crippen LogP contribution in [0.2, 0.25) is 0 Å². The molecule has 60 heavy (non-hydrogen) atoms. The largest absolute Gasteiger partial charge is 0.462 e. The standard InChI is InChI=1S/C47H86O12S/c1-3-5-7-9-11-13-14-15-16-17-18-19-20-21-22-23-24-25-26-28-30-32-34-36-43(49)58-40(37-56-42(48)35-33-31-29-27-12-10-8-6-4-2)38-57-47-46(52)45(51)44(50)41(59-47)39-60(53,54)55/h14-15,17-18,40-41,44-47,50-52H,3-13,16,19-39H2,1-2H3,(H,53,54,55)/b15-14-,18-17-. The van der Waals surface area contributed by atoms with Crippen LogP contribution >= 0.6 is 0 Å². The average Bonchev–Trinajstić information content (AvgIpc) is 3.21. The zero-order valence-electron chi connectivity index (χ0n) is 37.6. The molecule has 0 spiro atoms. The van der Waals surface area contributed by atoms with Crippen molar-refractivity contribution in [3.05, 3.63) is 24.3 Å². The lowest BCUT2D eigenvalue weighted by Crippen LogP contribution is -2.60. The van der Waals surface area contributed by atoms with Gasteiger partial charge in [0.25, 0.3) is 10.1 Å². The fraction of sp³-hybridized carbons (Fsp3) is 0.872. The molecule has 12 nitrogen and oxygen atoms in total. The van der Waals surface area contributed by atoms with Crippen LogP contribution in [0.25, 0.3) is 0 Å². The highest BCUT2D eigenvalue weighted by molar-refractivity contribution is 7.85. The van der Waals surface area contributed by atoms with E-state index < -0.39 is 71.2 Å². The second kappa shape index (κ2) is 37.7. The second-order valence-corrected chi connectivity index (χ2v) is 18.3. The van der Waals surface area contributed by atoms with E-state index in [4.69, 9.17) is 18.9 Å². The van der Waals surface area contributed by atoms with Crippen LogP contribution in [0, 0.1) is 0 Å². The van der Waals surface area contributed by atoms with Gasteiger partial charge in [-0.15, -0.1) is 0 Å². The lowest BCUT2D eigenvalue weighted by Gasteiger charge is -2.40. The van der Waals surface area contributed by atoms with Gasteiger partial charge in [-0.1, -0.05) is 173 Å². The Morgan fingerprint density at radius 3 is 1.47 bits per heavy atom. The van der Waals surface area contributed by atoms with Crippen LogP contribution in [0.1, 0.15) is 206 Å². The molecule has 0 saturated carbocycles. The topological polar surface area (TPSA) is 186 Å². The number of esters is 2. The van der Waals surface area contributed by atoms with Gasteiger partial charge >= 0.3 is 11.9 Å². The van der Waals surface area contributed by atoms with E-state index in [1.54, 1.807) is 0 Å². The summed E-state index contributed by atoms with van der Waals surface area (Å²) in [6, 6.07) is 0. The van der Waals surface area contributed by atoms with Crippen molar-refractivity contribution in [2.24, 2.45) is 0 Å². The number of aliphatic hydroxyl groups is 3. The minimum Gasteiger partial charge on any atom is -0.462 e. The summed E-state index contributed by atoms with van der Waals surface area (Å²) < 4.78 is 54.0. The Bertz CT molecular complexity index is 1210. The van der Waals surface area contributed by atoms with Gasteiger partial charge in [-0.05, 0) is 44.9 Å². The molecule has 0 aromatic rings. The number of ether oxygens (including phenoxy) is 4. The van der Waals surface area contributed by atoms with Crippen LogP contribution in [-0.4, -0.2) is 96.0 Å². The molecular weight excluding hydrogens is 789 g/mol. The van der Waals surface area contributed by atoms with Crippen LogP contribution < -0.4 is 0 Å². The summed E-state index contributed by atoms with van der Waals surface area (Å²) >= 11 is 0. The van der Waals surface area contributed by atoms with Crippen molar-refractivity contribution in [2.45, 2.75) is 243 Å². The second-order valence-electron chi connectivity index (χ2n) is 16.8. The first-order valence-corrected chi connectivity index (χ1v) is 25.5.